The number of urea groups is 1. The Morgan fingerprint density at radius 1 is 1.38 bits per heavy atom. The summed E-state index contributed by atoms with van der Waals surface area (Å²) in [6.07, 6.45) is 1.15. The SMILES string of the molecule is CC(CCNC(=O)NCC1Cc2ccccc2O1)C(=O)O. The van der Waals surface area contributed by atoms with E-state index < -0.39 is 11.9 Å². The second-order valence-corrected chi connectivity index (χ2v) is 5.22. The van der Waals surface area contributed by atoms with Gasteiger partial charge in [-0.2, -0.15) is 0 Å². The standard InChI is InChI=1S/C15H20N2O4/c1-10(14(18)19)6-7-16-15(20)17-9-12-8-11-4-2-3-5-13(11)21-12/h2-5,10,12H,6-9H2,1H3,(H,18,19)(H2,16,17,20). The van der Waals surface area contributed by atoms with Crippen LogP contribution in [0.2, 0.25) is 0 Å². The van der Waals surface area contributed by atoms with Gasteiger partial charge >= 0.3 is 12.0 Å². The second kappa shape index (κ2) is 6.97. The van der Waals surface area contributed by atoms with E-state index in [9.17, 15) is 9.59 Å². The van der Waals surface area contributed by atoms with Gasteiger partial charge in [0.25, 0.3) is 0 Å². The number of benzene rings is 1. The summed E-state index contributed by atoms with van der Waals surface area (Å²) in [7, 11) is 0. The lowest BCUT2D eigenvalue weighted by atomic mass is 10.1. The van der Waals surface area contributed by atoms with Gasteiger partial charge in [-0.3, -0.25) is 4.79 Å². The molecule has 0 radical (unpaired) electrons. The van der Waals surface area contributed by atoms with E-state index in [0.29, 0.717) is 19.5 Å². The van der Waals surface area contributed by atoms with E-state index in [4.69, 9.17) is 9.84 Å². The van der Waals surface area contributed by atoms with Crippen LogP contribution in [0.5, 0.6) is 5.75 Å². The average Bonchev–Trinajstić information content (AvgIpc) is 2.87. The minimum absolute atomic E-state index is 0.0499. The molecule has 1 heterocycles. The molecule has 2 atom stereocenters. The van der Waals surface area contributed by atoms with Gasteiger partial charge in [0.15, 0.2) is 0 Å². The number of carbonyl (C=O) groups excluding carboxylic acids is 1. The van der Waals surface area contributed by atoms with Crippen molar-refractivity contribution in [2.75, 3.05) is 13.1 Å². The van der Waals surface area contributed by atoms with Gasteiger partial charge in [0, 0.05) is 13.0 Å². The molecule has 114 valence electrons. The number of carboxylic acids is 1. The van der Waals surface area contributed by atoms with Crippen LogP contribution < -0.4 is 15.4 Å². The van der Waals surface area contributed by atoms with Crippen molar-refractivity contribution < 1.29 is 19.4 Å². The first-order valence-corrected chi connectivity index (χ1v) is 7.05. The predicted molar refractivity (Wildman–Crippen MR) is 77.4 cm³/mol. The smallest absolute Gasteiger partial charge is 0.314 e. The molecule has 0 saturated carbocycles. The number of carboxylic acid groups (broad SMARTS) is 1. The molecule has 0 aliphatic carbocycles. The van der Waals surface area contributed by atoms with Crippen LogP contribution in [0.25, 0.3) is 0 Å². The molecule has 1 aromatic carbocycles. The Morgan fingerprint density at radius 3 is 2.86 bits per heavy atom. The van der Waals surface area contributed by atoms with Crippen molar-refractivity contribution in [3.8, 4) is 5.75 Å². The number of carbonyl (C=O) groups is 2. The normalized spacial score (nSPS) is 17.5. The molecule has 0 spiro atoms. The minimum Gasteiger partial charge on any atom is -0.488 e. The largest absolute Gasteiger partial charge is 0.488 e. The quantitative estimate of drug-likeness (QED) is 0.739. The fraction of sp³-hybridized carbons (Fsp3) is 0.467. The topological polar surface area (TPSA) is 87.7 Å². The van der Waals surface area contributed by atoms with Gasteiger partial charge in [-0.05, 0) is 18.1 Å². The van der Waals surface area contributed by atoms with E-state index >= 15 is 0 Å². The maximum Gasteiger partial charge on any atom is 0.314 e. The average molecular weight is 292 g/mol. The van der Waals surface area contributed by atoms with Crippen molar-refractivity contribution in [3.63, 3.8) is 0 Å². The van der Waals surface area contributed by atoms with Gasteiger partial charge in [-0.15, -0.1) is 0 Å². The highest BCUT2D eigenvalue weighted by molar-refractivity contribution is 5.74. The molecule has 6 nitrogen and oxygen atoms in total. The van der Waals surface area contributed by atoms with Gasteiger partial charge in [-0.25, -0.2) is 4.79 Å². The van der Waals surface area contributed by atoms with Gasteiger partial charge in [-0.1, -0.05) is 25.1 Å². The van der Waals surface area contributed by atoms with Crippen molar-refractivity contribution in [3.05, 3.63) is 29.8 Å². The first-order valence-electron chi connectivity index (χ1n) is 7.05. The summed E-state index contributed by atoms with van der Waals surface area (Å²) in [6, 6.07) is 7.53. The highest BCUT2D eigenvalue weighted by Crippen LogP contribution is 2.27. The zero-order chi connectivity index (χ0) is 15.2. The molecule has 0 saturated heterocycles. The number of nitrogens with one attached hydrogen (secondary N) is 2. The molecular formula is C15H20N2O4. The second-order valence-electron chi connectivity index (χ2n) is 5.22. The van der Waals surface area contributed by atoms with Crippen molar-refractivity contribution >= 4 is 12.0 Å². The van der Waals surface area contributed by atoms with Crippen LogP contribution in [0.4, 0.5) is 4.79 Å². The molecule has 21 heavy (non-hydrogen) atoms. The zero-order valence-corrected chi connectivity index (χ0v) is 12.0. The van der Waals surface area contributed by atoms with Crippen LogP contribution in [-0.2, 0) is 11.2 Å². The van der Waals surface area contributed by atoms with Gasteiger partial charge in [0.2, 0.25) is 0 Å². The Bertz CT molecular complexity index is 493. The van der Waals surface area contributed by atoms with E-state index in [0.717, 1.165) is 17.7 Å². The highest BCUT2D eigenvalue weighted by atomic mass is 16.5. The van der Waals surface area contributed by atoms with E-state index in [1.54, 1.807) is 6.92 Å². The lowest BCUT2D eigenvalue weighted by Crippen LogP contribution is -2.41. The van der Waals surface area contributed by atoms with Crippen LogP contribution >= 0.6 is 0 Å². The minimum atomic E-state index is -0.852. The Labute approximate surface area is 123 Å². The molecule has 2 unspecified atom stereocenters. The Morgan fingerprint density at radius 2 is 2.14 bits per heavy atom. The fourth-order valence-corrected chi connectivity index (χ4v) is 2.16. The third-order valence-electron chi connectivity index (χ3n) is 3.49. The van der Waals surface area contributed by atoms with Crippen molar-refractivity contribution in [1.82, 2.24) is 10.6 Å². The van der Waals surface area contributed by atoms with Crippen LogP contribution in [0.15, 0.2) is 24.3 Å². The summed E-state index contributed by atoms with van der Waals surface area (Å²) < 4.78 is 5.71. The lowest BCUT2D eigenvalue weighted by Gasteiger charge is -2.13. The molecule has 6 heteroatoms. The number of aliphatic carboxylic acids is 1. The lowest BCUT2D eigenvalue weighted by molar-refractivity contribution is -0.141. The molecule has 0 fully saturated rings. The number of rotatable bonds is 6. The number of hydrogen-bond acceptors (Lipinski definition) is 3. The Balaban J connectivity index is 1.63. The number of hydrogen-bond donors (Lipinski definition) is 3. The molecule has 0 aromatic heterocycles. The number of ether oxygens (including phenoxy) is 1. The summed E-state index contributed by atoms with van der Waals surface area (Å²) in [5.74, 6) is -0.438. The third-order valence-corrected chi connectivity index (χ3v) is 3.49. The highest BCUT2D eigenvalue weighted by Gasteiger charge is 2.22. The van der Waals surface area contributed by atoms with E-state index in [1.165, 1.54) is 0 Å². The number of amides is 2. The fourth-order valence-electron chi connectivity index (χ4n) is 2.16. The predicted octanol–water partition coefficient (Wildman–Crippen LogP) is 1.40. The van der Waals surface area contributed by atoms with Crippen LogP contribution in [0, 0.1) is 5.92 Å². The molecule has 1 aliphatic heterocycles. The van der Waals surface area contributed by atoms with E-state index in [1.807, 2.05) is 24.3 Å². The van der Waals surface area contributed by atoms with Crippen LogP contribution in [0.3, 0.4) is 0 Å². The zero-order valence-electron chi connectivity index (χ0n) is 12.0. The maximum absolute atomic E-state index is 11.6. The summed E-state index contributed by atoms with van der Waals surface area (Å²) in [4.78, 5) is 22.2. The Hall–Kier alpha value is -2.24. The first-order chi connectivity index (χ1) is 10.1. The summed E-state index contributed by atoms with van der Waals surface area (Å²) in [5, 5.41) is 14.1. The van der Waals surface area contributed by atoms with Crippen molar-refractivity contribution in [2.45, 2.75) is 25.9 Å². The van der Waals surface area contributed by atoms with Gasteiger partial charge < -0.3 is 20.5 Å². The van der Waals surface area contributed by atoms with Crippen LogP contribution in [0.1, 0.15) is 18.9 Å². The number of para-hydroxylation sites is 1. The number of fused-ring (bicyclic) bond motifs is 1. The molecular weight excluding hydrogens is 272 g/mol. The van der Waals surface area contributed by atoms with Crippen LogP contribution in [-0.4, -0.2) is 36.3 Å². The molecule has 1 aromatic rings. The molecule has 0 bridgehead atoms. The maximum atomic E-state index is 11.6. The monoisotopic (exact) mass is 292 g/mol. The third kappa shape index (κ3) is 4.37. The molecule has 2 amide bonds. The van der Waals surface area contributed by atoms with Crippen molar-refractivity contribution in [2.24, 2.45) is 5.92 Å². The van der Waals surface area contributed by atoms with E-state index in [-0.39, 0.29) is 12.1 Å². The summed E-state index contributed by atoms with van der Waals surface area (Å²) >= 11 is 0. The summed E-state index contributed by atoms with van der Waals surface area (Å²) in [5.41, 5.74) is 1.15. The molecule has 2 rings (SSSR count). The van der Waals surface area contributed by atoms with E-state index in [2.05, 4.69) is 10.6 Å². The van der Waals surface area contributed by atoms with Crippen molar-refractivity contribution in [1.29, 1.82) is 0 Å². The first kappa shape index (κ1) is 15.2. The van der Waals surface area contributed by atoms with Gasteiger partial charge in [0.1, 0.15) is 11.9 Å². The van der Waals surface area contributed by atoms with Gasteiger partial charge in [0.05, 0.1) is 12.5 Å². The summed E-state index contributed by atoms with van der Waals surface area (Å²) in [6.45, 7) is 2.38. The molecule has 1 aliphatic rings. The Kier molecular flexibility index (Phi) is 5.03. The molecule has 3 N–H and O–H groups in total.